The third kappa shape index (κ3) is 4.57. The monoisotopic (exact) mass is 193 g/mol. The quantitative estimate of drug-likeness (QED) is 0.662. The summed E-state index contributed by atoms with van der Waals surface area (Å²) in [5, 5.41) is 2.77. The van der Waals surface area contributed by atoms with E-state index in [1.165, 1.54) is 0 Å². The number of halogens is 1. The molecule has 0 radical (unpaired) electrons. The first kappa shape index (κ1) is 11.7. The van der Waals surface area contributed by atoms with Gasteiger partial charge in [0.25, 0.3) is 0 Å². The van der Waals surface area contributed by atoms with E-state index in [0.29, 0.717) is 12.5 Å². The van der Waals surface area contributed by atoms with E-state index in [4.69, 9.17) is 16.3 Å². The second-order valence-corrected chi connectivity index (χ2v) is 3.27. The number of rotatable bonds is 5. The lowest BCUT2D eigenvalue weighted by atomic mass is 10.1. The third-order valence-electron chi connectivity index (χ3n) is 1.62. The van der Waals surface area contributed by atoms with Gasteiger partial charge in [-0.1, -0.05) is 13.8 Å². The SMILES string of the molecule is COCC(NC(=O)CCl)C(C)C. The normalized spacial score (nSPS) is 13.1. The van der Waals surface area contributed by atoms with Crippen molar-refractivity contribution in [2.75, 3.05) is 19.6 Å². The van der Waals surface area contributed by atoms with Crippen LogP contribution in [0.2, 0.25) is 0 Å². The highest BCUT2D eigenvalue weighted by Crippen LogP contribution is 2.01. The summed E-state index contributed by atoms with van der Waals surface area (Å²) in [4.78, 5) is 10.9. The lowest BCUT2D eigenvalue weighted by Crippen LogP contribution is -2.42. The first-order valence-electron chi connectivity index (χ1n) is 3.96. The average molecular weight is 194 g/mol. The maximum atomic E-state index is 10.9. The maximum absolute atomic E-state index is 10.9. The Bertz CT molecular complexity index is 139. The Labute approximate surface area is 78.4 Å². The molecule has 0 aromatic carbocycles. The number of methoxy groups -OCH3 is 1. The maximum Gasteiger partial charge on any atom is 0.235 e. The van der Waals surface area contributed by atoms with E-state index in [2.05, 4.69) is 5.32 Å². The molecule has 0 aromatic heterocycles. The van der Waals surface area contributed by atoms with Gasteiger partial charge in [0.15, 0.2) is 0 Å². The summed E-state index contributed by atoms with van der Waals surface area (Å²) in [5.41, 5.74) is 0. The number of carbonyl (C=O) groups is 1. The number of amides is 1. The lowest BCUT2D eigenvalue weighted by Gasteiger charge is -2.20. The van der Waals surface area contributed by atoms with Gasteiger partial charge < -0.3 is 10.1 Å². The molecule has 0 spiro atoms. The molecule has 0 bridgehead atoms. The fourth-order valence-corrected chi connectivity index (χ4v) is 0.903. The van der Waals surface area contributed by atoms with Crippen molar-refractivity contribution in [3.05, 3.63) is 0 Å². The zero-order valence-electron chi connectivity index (χ0n) is 7.76. The van der Waals surface area contributed by atoms with E-state index < -0.39 is 0 Å². The zero-order valence-corrected chi connectivity index (χ0v) is 8.52. The predicted molar refractivity (Wildman–Crippen MR) is 49.4 cm³/mol. The van der Waals surface area contributed by atoms with Crippen LogP contribution in [0.4, 0.5) is 0 Å². The Balaban J connectivity index is 3.86. The van der Waals surface area contributed by atoms with Crippen molar-refractivity contribution in [3.63, 3.8) is 0 Å². The number of hydrogen-bond donors (Lipinski definition) is 1. The molecule has 0 aliphatic heterocycles. The van der Waals surface area contributed by atoms with Crippen LogP contribution in [0.5, 0.6) is 0 Å². The molecular formula is C8H16ClNO2. The smallest absolute Gasteiger partial charge is 0.235 e. The molecule has 0 saturated carbocycles. The van der Waals surface area contributed by atoms with Gasteiger partial charge in [0.2, 0.25) is 5.91 Å². The van der Waals surface area contributed by atoms with Crippen molar-refractivity contribution < 1.29 is 9.53 Å². The van der Waals surface area contributed by atoms with Crippen LogP contribution in [0.15, 0.2) is 0 Å². The molecule has 0 aromatic rings. The molecule has 0 heterocycles. The van der Waals surface area contributed by atoms with Crippen molar-refractivity contribution in [1.29, 1.82) is 0 Å². The van der Waals surface area contributed by atoms with Gasteiger partial charge in [-0.2, -0.15) is 0 Å². The third-order valence-corrected chi connectivity index (χ3v) is 1.86. The van der Waals surface area contributed by atoms with Crippen molar-refractivity contribution in [1.82, 2.24) is 5.32 Å². The largest absolute Gasteiger partial charge is 0.383 e. The molecule has 1 N–H and O–H groups in total. The van der Waals surface area contributed by atoms with E-state index in [9.17, 15) is 4.79 Å². The Morgan fingerprint density at radius 1 is 1.58 bits per heavy atom. The summed E-state index contributed by atoms with van der Waals surface area (Å²) >= 11 is 5.35. The van der Waals surface area contributed by atoms with Crippen LogP contribution in [0.3, 0.4) is 0 Å². The summed E-state index contributed by atoms with van der Waals surface area (Å²) in [6, 6.07) is 0.0567. The summed E-state index contributed by atoms with van der Waals surface area (Å²) < 4.78 is 4.95. The number of nitrogens with one attached hydrogen (secondary N) is 1. The lowest BCUT2D eigenvalue weighted by molar-refractivity contribution is -0.120. The van der Waals surface area contributed by atoms with E-state index >= 15 is 0 Å². The van der Waals surface area contributed by atoms with Crippen LogP contribution in [0.1, 0.15) is 13.8 Å². The first-order valence-corrected chi connectivity index (χ1v) is 4.49. The molecule has 0 saturated heterocycles. The molecule has 1 atom stereocenters. The molecule has 0 aliphatic carbocycles. The van der Waals surface area contributed by atoms with Gasteiger partial charge in [0.1, 0.15) is 5.88 Å². The topological polar surface area (TPSA) is 38.3 Å². The highest BCUT2D eigenvalue weighted by Gasteiger charge is 2.14. The van der Waals surface area contributed by atoms with Gasteiger partial charge >= 0.3 is 0 Å². The van der Waals surface area contributed by atoms with Crippen molar-refractivity contribution in [2.24, 2.45) is 5.92 Å². The summed E-state index contributed by atoms with van der Waals surface area (Å²) in [6.07, 6.45) is 0. The van der Waals surface area contributed by atoms with Crippen LogP contribution in [0, 0.1) is 5.92 Å². The molecule has 0 aliphatic rings. The Morgan fingerprint density at radius 2 is 2.17 bits per heavy atom. The average Bonchev–Trinajstić information content (AvgIpc) is 2.03. The molecule has 1 amide bonds. The molecule has 12 heavy (non-hydrogen) atoms. The van der Waals surface area contributed by atoms with E-state index in [0.717, 1.165) is 0 Å². The van der Waals surface area contributed by atoms with Crippen LogP contribution in [-0.2, 0) is 9.53 Å². The van der Waals surface area contributed by atoms with Crippen molar-refractivity contribution in [3.8, 4) is 0 Å². The van der Waals surface area contributed by atoms with Crippen LogP contribution < -0.4 is 5.32 Å². The van der Waals surface area contributed by atoms with Gasteiger partial charge in [0, 0.05) is 7.11 Å². The Kier molecular flexibility index (Phi) is 6.11. The number of hydrogen-bond acceptors (Lipinski definition) is 2. The number of carbonyl (C=O) groups excluding carboxylic acids is 1. The molecule has 4 heteroatoms. The Hall–Kier alpha value is -0.280. The molecule has 0 rings (SSSR count). The number of ether oxygens (including phenoxy) is 1. The van der Waals surface area contributed by atoms with Gasteiger partial charge in [0.05, 0.1) is 12.6 Å². The zero-order chi connectivity index (χ0) is 9.56. The van der Waals surface area contributed by atoms with Crippen LogP contribution in [-0.4, -0.2) is 31.5 Å². The molecular weight excluding hydrogens is 178 g/mol. The fourth-order valence-electron chi connectivity index (χ4n) is 0.826. The predicted octanol–water partition coefficient (Wildman–Crippen LogP) is 1.01. The van der Waals surface area contributed by atoms with E-state index in [-0.39, 0.29) is 17.8 Å². The van der Waals surface area contributed by atoms with Crippen molar-refractivity contribution >= 4 is 17.5 Å². The minimum Gasteiger partial charge on any atom is -0.383 e. The minimum atomic E-state index is -0.146. The standard InChI is InChI=1S/C8H16ClNO2/c1-6(2)7(5-12-3)10-8(11)4-9/h6-7H,4-5H2,1-3H3,(H,10,11). The van der Waals surface area contributed by atoms with Gasteiger partial charge in [-0.3, -0.25) is 4.79 Å². The summed E-state index contributed by atoms with van der Waals surface area (Å²) in [5.74, 6) is 0.219. The van der Waals surface area contributed by atoms with Crippen molar-refractivity contribution in [2.45, 2.75) is 19.9 Å². The minimum absolute atomic E-state index is 0.00688. The van der Waals surface area contributed by atoms with E-state index in [1.807, 2.05) is 13.8 Å². The summed E-state index contributed by atoms with van der Waals surface area (Å²) in [7, 11) is 1.61. The van der Waals surface area contributed by atoms with Gasteiger partial charge in [-0.25, -0.2) is 0 Å². The second kappa shape index (κ2) is 6.26. The Morgan fingerprint density at radius 3 is 2.50 bits per heavy atom. The fraction of sp³-hybridized carbons (Fsp3) is 0.875. The molecule has 3 nitrogen and oxygen atoms in total. The van der Waals surface area contributed by atoms with Crippen LogP contribution in [0.25, 0.3) is 0 Å². The summed E-state index contributed by atoms with van der Waals surface area (Å²) in [6.45, 7) is 4.58. The van der Waals surface area contributed by atoms with Crippen LogP contribution >= 0.6 is 11.6 Å². The first-order chi connectivity index (χ1) is 5.61. The second-order valence-electron chi connectivity index (χ2n) is 3.01. The highest BCUT2D eigenvalue weighted by atomic mass is 35.5. The molecule has 72 valence electrons. The number of alkyl halides is 1. The van der Waals surface area contributed by atoms with E-state index in [1.54, 1.807) is 7.11 Å². The molecule has 0 fully saturated rings. The van der Waals surface area contributed by atoms with Gasteiger partial charge in [-0.15, -0.1) is 11.6 Å². The van der Waals surface area contributed by atoms with Gasteiger partial charge in [-0.05, 0) is 5.92 Å². The highest BCUT2D eigenvalue weighted by molar-refractivity contribution is 6.27. The molecule has 1 unspecified atom stereocenters.